The van der Waals surface area contributed by atoms with Gasteiger partial charge in [-0.3, -0.25) is 0 Å². The van der Waals surface area contributed by atoms with Gasteiger partial charge in [0, 0.05) is 6.54 Å². The number of hydrogen-bond donors (Lipinski definition) is 0. The molecule has 1 aromatic heterocycles. The molecule has 0 saturated heterocycles. The van der Waals surface area contributed by atoms with Crippen molar-refractivity contribution >= 4 is 11.7 Å². The Labute approximate surface area is 143 Å². The maximum absolute atomic E-state index is 14.4. The van der Waals surface area contributed by atoms with Crippen LogP contribution < -0.4 is 4.90 Å². The Kier molecular flexibility index (Phi) is 4.64. The number of nitrogens with zero attached hydrogens (tertiary/aromatic N) is 2. The molecule has 1 aromatic rings. The predicted octanol–water partition coefficient (Wildman–Crippen LogP) is 3.59. The molecule has 0 spiro atoms. The van der Waals surface area contributed by atoms with Crippen molar-refractivity contribution in [2.45, 2.75) is 45.1 Å². The molecule has 2 fully saturated rings. The van der Waals surface area contributed by atoms with E-state index >= 15 is 0 Å². The zero-order valence-corrected chi connectivity index (χ0v) is 14.1. The summed E-state index contributed by atoms with van der Waals surface area (Å²) in [5, 5.41) is 0. The summed E-state index contributed by atoms with van der Waals surface area (Å²) < 4.78 is 61.2. The third kappa shape index (κ3) is 2.57. The van der Waals surface area contributed by atoms with Crippen LogP contribution in [0, 0.1) is 35.4 Å². The number of aromatic nitrogens is 1. The van der Waals surface area contributed by atoms with Crippen LogP contribution in [0.3, 0.4) is 0 Å². The number of halogens is 4. The molecule has 4 nitrogen and oxygen atoms in total. The molecule has 0 aliphatic heterocycles. The Morgan fingerprint density at radius 2 is 1.84 bits per heavy atom. The van der Waals surface area contributed by atoms with Crippen LogP contribution in [0.2, 0.25) is 0 Å². The van der Waals surface area contributed by atoms with Gasteiger partial charge in [-0.15, -0.1) is 0 Å². The van der Waals surface area contributed by atoms with Gasteiger partial charge in [0.2, 0.25) is 11.6 Å². The Morgan fingerprint density at radius 3 is 2.28 bits per heavy atom. The fraction of sp³-hybridized carbons (Fsp3) is 0.647. The molecule has 3 rings (SSSR count). The van der Waals surface area contributed by atoms with E-state index < -0.39 is 40.7 Å². The zero-order valence-electron chi connectivity index (χ0n) is 14.1. The van der Waals surface area contributed by atoms with Gasteiger partial charge in [0.05, 0.1) is 6.61 Å². The van der Waals surface area contributed by atoms with Crippen molar-refractivity contribution in [1.82, 2.24) is 4.98 Å². The van der Waals surface area contributed by atoms with E-state index in [0.29, 0.717) is 12.8 Å². The Bertz CT molecular complexity index is 673. The number of rotatable bonds is 5. The number of carbonyl (C=O) groups is 1. The van der Waals surface area contributed by atoms with Gasteiger partial charge >= 0.3 is 5.97 Å². The first-order chi connectivity index (χ1) is 11.9. The number of carbonyl (C=O) groups excluding carboxylic acids is 1. The second kappa shape index (κ2) is 6.46. The minimum atomic E-state index is -1.73. The van der Waals surface area contributed by atoms with Crippen molar-refractivity contribution in [2.75, 3.05) is 18.1 Å². The lowest BCUT2D eigenvalue weighted by atomic mass is 9.79. The molecule has 1 heterocycles. The summed E-state index contributed by atoms with van der Waals surface area (Å²) in [6.07, 6.45) is 2.72. The van der Waals surface area contributed by atoms with Crippen molar-refractivity contribution < 1.29 is 27.1 Å². The molecule has 2 saturated carbocycles. The zero-order chi connectivity index (χ0) is 18.4. The number of pyridine rings is 1. The van der Waals surface area contributed by atoms with Gasteiger partial charge in [-0.25, -0.2) is 4.79 Å². The minimum Gasteiger partial charge on any atom is -0.464 e. The van der Waals surface area contributed by atoms with Crippen LogP contribution in [0.15, 0.2) is 0 Å². The molecule has 2 aliphatic carbocycles. The fourth-order valence-electron chi connectivity index (χ4n) is 4.60. The lowest BCUT2D eigenvalue weighted by Crippen LogP contribution is -2.59. The maximum atomic E-state index is 14.4. The molecule has 0 amide bonds. The van der Waals surface area contributed by atoms with E-state index in [1.54, 1.807) is 13.8 Å². The van der Waals surface area contributed by atoms with Crippen molar-refractivity contribution in [3.63, 3.8) is 0 Å². The highest BCUT2D eigenvalue weighted by Crippen LogP contribution is 2.55. The van der Waals surface area contributed by atoms with E-state index in [1.807, 2.05) is 0 Å². The average Bonchev–Trinajstić information content (AvgIpc) is 3.18. The van der Waals surface area contributed by atoms with E-state index in [1.165, 1.54) is 0 Å². The van der Waals surface area contributed by atoms with Crippen LogP contribution >= 0.6 is 0 Å². The standard InChI is InChI=1S/C17H20F4N2O2/c1-3-23(13-11(18)14(20)22-15(21)12(13)19)17(16(24)25-4-2)8-9-5-6-10(17)7-9/h9-10H,3-8H2,1-2H3. The lowest BCUT2D eigenvalue weighted by molar-refractivity contribution is -0.152. The van der Waals surface area contributed by atoms with Crippen molar-refractivity contribution in [1.29, 1.82) is 0 Å². The normalized spacial score (nSPS) is 27.6. The van der Waals surface area contributed by atoms with E-state index in [2.05, 4.69) is 4.98 Å². The summed E-state index contributed by atoms with van der Waals surface area (Å²) in [5.74, 6) is -7.18. The van der Waals surface area contributed by atoms with Gasteiger partial charge in [0.1, 0.15) is 11.2 Å². The highest BCUT2D eigenvalue weighted by Gasteiger charge is 2.60. The first kappa shape index (κ1) is 17.9. The van der Waals surface area contributed by atoms with Gasteiger partial charge in [0.25, 0.3) is 11.9 Å². The number of hydrogen-bond acceptors (Lipinski definition) is 4. The summed E-state index contributed by atoms with van der Waals surface area (Å²) >= 11 is 0. The minimum absolute atomic E-state index is 0.00122. The quantitative estimate of drug-likeness (QED) is 0.457. The van der Waals surface area contributed by atoms with Gasteiger partial charge < -0.3 is 9.64 Å². The first-order valence-corrected chi connectivity index (χ1v) is 8.51. The largest absolute Gasteiger partial charge is 0.464 e. The van der Waals surface area contributed by atoms with Gasteiger partial charge in [-0.1, -0.05) is 0 Å². The Hall–Kier alpha value is -1.86. The van der Waals surface area contributed by atoms with E-state index in [0.717, 1.165) is 17.7 Å². The lowest BCUT2D eigenvalue weighted by Gasteiger charge is -2.45. The molecule has 2 bridgehead atoms. The van der Waals surface area contributed by atoms with Crippen LogP contribution in [0.4, 0.5) is 23.2 Å². The molecule has 0 radical (unpaired) electrons. The molecule has 138 valence electrons. The fourth-order valence-corrected chi connectivity index (χ4v) is 4.60. The summed E-state index contributed by atoms with van der Waals surface area (Å²) in [6, 6.07) is 0. The molecule has 8 heteroatoms. The number of ether oxygens (including phenoxy) is 1. The molecule has 3 atom stereocenters. The van der Waals surface area contributed by atoms with Crippen LogP contribution in [0.5, 0.6) is 0 Å². The molecular formula is C17H20F4N2O2. The second-order valence-corrected chi connectivity index (χ2v) is 6.64. The van der Waals surface area contributed by atoms with Crippen molar-refractivity contribution in [2.24, 2.45) is 11.8 Å². The predicted molar refractivity (Wildman–Crippen MR) is 81.9 cm³/mol. The number of likely N-dealkylation sites (N-methyl/N-ethyl adjacent to an activating group) is 1. The SMILES string of the molecule is CCOC(=O)C1(N(CC)c2c(F)c(F)nc(F)c2F)CC2CCC1C2. The Morgan fingerprint density at radius 1 is 1.20 bits per heavy atom. The van der Waals surface area contributed by atoms with Crippen molar-refractivity contribution in [3.8, 4) is 0 Å². The summed E-state index contributed by atoms with van der Waals surface area (Å²) in [5.41, 5.74) is -2.19. The summed E-state index contributed by atoms with van der Waals surface area (Å²) in [7, 11) is 0. The van der Waals surface area contributed by atoms with E-state index in [4.69, 9.17) is 4.74 Å². The van der Waals surface area contributed by atoms with E-state index in [9.17, 15) is 22.4 Å². The van der Waals surface area contributed by atoms with Crippen LogP contribution in [-0.4, -0.2) is 29.6 Å². The number of anilines is 1. The second-order valence-electron chi connectivity index (χ2n) is 6.64. The molecule has 0 N–H and O–H groups in total. The monoisotopic (exact) mass is 360 g/mol. The summed E-state index contributed by atoms with van der Waals surface area (Å²) in [6.45, 7) is 3.34. The molecule has 3 unspecified atom stereocenters. The highest BCUT2D eigenvalue weighted by atomic mass is 19.2. The van der Waals surface area contributed by atoms with Crippen LogP contribution in [0.1, 0.15) is 39.5 Å². The molecule has 0 aromatic carbocycles. The van der Waals surface area contributed by atoms with E-state index in [-0.39, 0.29) is 25.0 Å². The molecule has 25 heavy (non-hydrogen) atoms. The summed E-state index contributed by atoms with van der Waals surface area (Å²) in [4.78, 5) is 16.6. The van der Waals surface area contributed by atoms with Crippen LogP contribution in [0.25, 0.3) is 0 Å². The third-order valence-electron chi connectivity index (χ3n) is 5.49. The van der Waals surface area contributed by atoms with Gasteiger partial charge in [0.15, 0.2) is 0 Å². The average molecular weight is 360 g/mol. The highest BCUT2D eigenvalue weighted by molar-refractivity contribution is 5.87. The van der Waals surface area contributed by atoms with Crippen molar-refractivity contribution in [3.05, 3.63) is 23.5 Å². The van der Waals surface area contributed by atoms with Crippen LogP contribution in [-0.2, 0) is 9.53 Å². The van der Waals surface area contributed by atoms with Gasteiger partial charge in [-0.05, 0) is 51.4 Å². The Balaban J connectivity index is 2.17. The third-order valence-corrected chi connectivity index (χ3v) is 5.49. The topological polar surface area (TPSA) is 42.4 Å². The smallest absolute Gasteiger partial charge is 0.332 e. The number of fused-ring (bicyclic) bond motifs is 2. The number of esters is 1. The van der Waals surface area contributed by atoms with Gasteiger partial charge in [-0.2, -0.15) is 22.5 Å². The molecular weight excluding hydrogens is 340 g/mol. The maximum Gasteiger partial charge on any atom is 0.332 e. The first-order valence-electron chi connectivity index (χ1n) is 8.51. The molecule has 2 aliphatic rings.